The Bertz CT molecular complexity index is 653. The maximum atomic E-state index is 5.79. The predicted octanol–water partition coefficient (Wildman–Crippen LogP) is 3.22. The van der Waals surface area contributed by atoms with Crippen molar-refractivity contribution in [2.75, 3.05) is 13.7 Å². The monoisotopic (exact) mass is 444 g/mol. The molecule has 4 heteroatoms. The van der Waals surface area contributed by atoms with Crippen LogP contribution in [0.4, 0.5) is 0 Å². The number of ether oxygens (including phenoxy) is 2. The Morgan fingerprint density at radius 1 is 1.15 bits per heavy atom. The van der Waals surface area contributed by atoms with Crippen LogP contribution in [0.5, 0.6) is 11.5 Å². The third-order valence-corrected chi connectivity index (χ3v) is 7.14. The minimum absolute atomic E-state index is 0.280. The van der Waals surface area contributed by atoms with Gasteiger partial charge in [0, 0.05) is 0 Å². The molecular formula is C16H13IO2Se. The van der Waals surface area contributed by atoms with Gasteiger partial charge in [0.15, 0.2) is 0 Å². The number of hydrogen-bond donors (Lipinski definition) is 0. The van der Waals surface area contributed by atoms with E-state index in [1.54, 1.807) is 7.11 Å². The zero-order valence-electron chi connectivity index (χ0n) is 10.9. The fourth-order valence-corrected chi connectivity index (χ4v) is 5.06. The molecule has 0 radical (unpaired) electrons. The molecular weight excluding hydrogens is 430 g/mol. The van der Waals surface area contributed by atoms with E-state index in [4.69, 9.17) is 9.47 Å². The SMILES string of the molecule is COc1ccc2c(c1)C([Se]c1ccccc1)=C(I)CO2. The van der Waals surface area contributed by atoms with E-state index in [1.165, 1.54) is 18.1 Å². The molecule has 3 rings (SSSR count). The van der Waals surface area contributed by atoms with E-state index < -0.39 is 0 Å². The van der Waals surface area contributed by atoms with Crippen LogP contribution in [0.1, 0.15) is 5.56 Å². The van der Waals surface area contributed by atoms with E-state index in [9.17, 15) is 0 Å². The molecule has 102 valence electrons. The molecule has 0 fully saturated rings. The van der Waals surface area contributed by atoms with Gasteiger partial charge in [0.25, 0.3) is 0 Å². The normalized spacial score (nSPS) is 13.7. The van der Waals surface area contributed by atoms with Gasteiger partial charge in [-0.05, 0) is 0 Å². The van der Waals surface area contributed by atoms with Gasteiger partial charge in [0.2, 0.25) is 0 Å². The van der Waals surface area contributed by atoms with Crippen molar-refractivity contribution in [3.63, 3.8) is 0 Å². The molecule has 2 aromatic rings. The Morgan fingerprint density at radius 2 is 1.95 bits per heavy atom. The first-order valence-electron chi connectivity index (χ1n) is 6.20. The number of benzene rings is 2. The number of fused-ring (bicyclic) bond motifs is 1. The standard InChI is InChI=1S/C16H13IO2Se/c1-18-11-7-8-15-13(9-11)16(14(17)10-19-15)20-12-5-3-2-4-6-12/h2-9H,10H2,1H3. The molecule has 0 aliphatic carbocycles. The molecule has 20 heavy (non-hydrogen) atoms. The molecule has 0 bridgehead atoms. The molecule has 0 N–H and O–H groups in total. The van der Waals surface area contributed by atoms with Crippen molar-refractivity contribution in [3.05, 3.63) is 57.7 Å². The van der Waals surface area contributed by atoms with Crippen LogP contribution in [-0.2, 0) is 0 Å². The summed E-state index contributed by atoms with van der Waals surface area (Å²) in [5, 5.41) is 0. The zero-order valence-corrected chi connectivity index (χ0v) is 14.8. The van der Waals surface area contributed by atoms with Gasteiger partial charge in [-0.1, -0.05) is 0 Å². The van der Waals surface area contributed by atoms with Crippen LogP contribution in [0.15, 0.2) is 52.1 Å². The van der Waals surface area contributed by atoms with Crippen LogP contribution in [0.25, 0.3) is 4.47 Å². The van der Waals surface area contributed by atoms with Crippen LogP contribution >= 0.6 is 22.6 Å². The molecule has 0 amide bonds. The zero-order chi connectivity index (χ0) is 13.9. The second-order valence-electron chi connectivity index (χ2n) is 4.30. The molecule has 0 saturated carbocycles. The van der Waals surface area contributed by atoms with Crippen molar-refractivity contribution in [3.8, 4) is 11.5 Å². The quantitative estimate of drug-likeness (QED) is 0.536. The van der Waals surface area contributed by atoms with E-state index in [-0.39, 0.29) is 15.0 Å². The van der Waals surface area contributed by atoms with Gasteiger partial charge in [0.05, 0.1) is 0 Å². The number of methoxy groups -OCH3 is 1. The first-order valence-corrected chi connectivity index (χ1v) is 9.00. The molecule has 0 aromatic heterocycles. The third-order valence-electron chi connectivity index (χ3n) is 3.00. The van der Waals surface area contributed by atoms with E-state index in [0.717, 1.165) is 11.5 Å². The predicted molar refractivity (Wildman–Crippen MR) is 91.3 cm³/mol. The van der Waals surface area contributed by atoms with Crippen LogP contribution in [0, 0.1) is 0 Å². The summed E-state index contributed by atoms with van der Waals surface area (Å²) in [5.74, 6) is 1.83. The summed E-state index contributed by atoms with van der Waals surface area (Å²) in [5.41, 5.74) is 1.17. The summed E-state index contributed by atoms with van der Waals surface area (Å²) >= 11 is 2.68. The molecule has 2 nitrogen and oxygen atoms in total. The summed E-state index contributed by atoms with van der Waals surface area (Å²) in [7, 11) is 1.70. The Balaban J connectivity index is 2.01. The van der Waals surface area contributed by atoms with Crippen molar-refractivity contribution in [1.82, 2.24) is 0 Å². The van der Waals surface area contributed by atoms with Gasteiger partial charge in [0.1, 0.15) is 0 Å². The van der Waals surface area contributed by atoms with Gasteiger partial charge >= 0.3 is 139 Å². The fourth-order valence-electron chi connectivity index (χ4n) is 2.01. The van der Waals surface area contributed by atoms with Crippen molar-refractivity contribution in [1.29, 1.82) is 0 Å². The molecule has 0 atom stereocenters. The van der Waals surface area contributed by atoms with Gasteiger partial charge in [-0.3, -0.25) is 0 Å². The average Bonchev–Trinajstić information content (AvgIpc) is 2.51. The van der Waals surface area contributed by atoms with E-state index >= 15 is 0 Å². The summed E-state index contributed by atoms with van der Waals surface area (Å²) < 4.78 is 15.2. The Kier molecular flexibility index (Phi) is 4.34. The van der Waals surface area contributed by atoms with Crippen LogP contribution in [0.2, 0.25) is 0 Å². The summed E-state index contributed by atoms with van der Waals surface area (Å²) in [6, 6.07) is 16.6. The summed E-state index contributed by atoms with van der Waals surface area (Å²) in [6.07, 6.45) is 0. The van der Waals surface area contributed by atoms with E-state index in [2.05, 4.69) is 59.0 Å². The Hall–Kier alpha value is -0.971. The Morgan fingerprint density at radius 3 is 2.70 bits per heavy atom. The van der Waals surface area contributed by atoms with Gasteiger partial charge < -0.3 is 0 Å². The van der Waals surface area contributed by atoms with Gasteiger partial charge in [-0.25, -0.2) is 0 Å². The maximum absolute atomic E-state index is 5.79. The number of halogens is 1. The molecule has 2 aromatic carbocycles. The van der Waals surface area contributed by atoms with Crippen molar-refractivity contribution < 1.29 is 9.47 Å². The first kappa shape index (κ1) is 14.0. The summed E-state index contributed by atoms with van der Waals surface area (Å²) in [4.78, 5) is 0. The average molecular weight is 443 g/mol. The van der Waals surface area contributed by atoms with Crippen molar-refractivity contribution in [2.24, 2.45) is 0 Å². The second kappa shape index (κ2) is 6.20. The van der Waals surface area contributed by atoms with Crippen LogP contribution in [-0.4, -0.2) is 28.7 Å². The molecule has 0 spiro atoms. The third kappa shape index (κ3) is 2.87. The Labute approximate surface area is 138 Å². The van der Waals surface area contributed by atoms with Gasteiger partial charge in [-0.15, -0.1) is 0 Å². The first-order chi connectivity index (χ1) is 9.78. The molecule has 0 unspecified atom stereocenters. The molecule has 1 heterocycles. The van der Waals surface area contributed by atoms with Crippen molar-refractivity contribution >= 4 is 46.5 Å². The molecule has 0 saturated heterocycles. The van der Waals surface area contributed by atoms with Crippen LogP contribution < -0.4 is 13.9 Å². The number of rotatable bonds is 3. The van der Waals surface area contributed by atoms with Crippen LogP contribution in [0.3, 0.4) is 0 Å². The minimum atomic E-state index is 0.280. The van der Waals surface area contributed by atoms with E-state index in [1.807, 2.05) is 12.1 Å². The number of hydrogen-bond acceptors (Lipinski definition) is 2. The van der Waals surface area contributed by atoms with E-state index in [0.29, 0.717) is 6.61 Å². The van der Waals surface area contributed by atoms with Crippen molar-refractivity contribution in [2.45, 2.75) is 0 Å². The molecule has 1 aliphatic heterocycles. The topological polar surface area (TPSA) is 18.5 Å². The fraction of sp³-hybridized carbons (Fsp3) is 0.125. The summed E-state index contributed by atoms with van der Waals surface area (Å²) in [6.45, 7) is 0.670. The molecule has 1 aliphatic rings. The second-order valence-corrected chi connectivity index (χ2v) is 7.88. The van der Waals surface area contributed by atoms with Gasteiger partial charge in [-0.2, -0.15) is 0 Å².